The van der Waals surface area contributed by atoms with E-state index in [4.69, 9.17) is 9.26 Å². The van der Waals surface area contributed by atoms with Gasteiger partial charge in [-0.2, -0.15) is 4.57 Å². The minimum Gasteiger partial charge on any atom is -0.494 e. The maximum atomic E-state index is 5.99. The summed E-state index contributed by atoms with van der Waals surface area (Å²) in [5.41, 5.74) is 0. The zero-order valence-electron chi connectivity index (χ0n) is 19.2. The van der Waals surface area contributed by atoms with Crippen molar-refractivity contribution < 1.29 is 13.8 Å². The van der Waals surface area contributed by atoms with E-state index >= 15 is 0 Å². The minimum atomic E-state index is 0.595. The molecule has 0 aliphatic carbocycles. The molecule has 7 heteroatoms. The third kappa shape index (κ3) is 5.75. The lowest BCUT2D eigenvalue weighted by molar-refractivity contribution is -0.692. The van der Waals surface area contributed by atoms with E-state index in [0.717, 1.165) is 50.3 Å². The summed E-state index contributed by atoms with van der Waals surface area (Å²) in [5.74, 6) is 3.40. The second kappa shape index (κ2) is 10.7. The van der Waals surface area contributed by atoms with E-state index in [2.05, 4.69) is 64.0 Å². The van der Waals surface area contributed by atoms with Gasteiger partial charge < -0.3 is 9.64 Å². The van der Waals surface area contributed by atoms with E-state index < -0.39 is 0 Å². The van der Waals surface area contributed by atoms with Gasteiger partial charge in [-0.1, -0.05) is 6.92 Å². The van der Waals surface area contributed by atoms with E-state index in [0.29, 0.717) is 12.0 Å². The molecule has 0 amide bonds. The van der Waals surface area contributed by atoms with Crippen LogP contribution >= 0.6 is 11.8 Å². The maximum Gasteiger partial charge on any atom is 0.436 e. The number of piperidine rings is 1. The van der Waals surface area contributed by atoms with Crippen LogP contribution in [0.3, 0.4) is 0 Å². The zero-order valence-corrected chi connectivity index (χ0v) is 20.0. The second-order valence-corrected chi connectivity index (χ2v) is 10.0. The number of likely N-dealkylation sites (N-methyl/N-ethyl adjacent to an activating group) is 1. The van der Waals surface area contributed by atoms with Gasteiger partial charge in [-0.25, -0.2) is 0 Å². The summed E-state index contributed by atoms with van der Waals surface area (Å²) in [5, 5.41) is 4.35. The molecule has 31 heavy (non-hydrogen) atoms. The molecule has 1 aromatic heterocycles. The van der Waals surface area contributed by atoms with Crippen LogP contribution < -0.4 is 14.2 Å². The topological polar surface area (TPSA) is 45.6 Å². The van der Waals surface area contributed by atoms with Crippen molar-refractivity contribution in [3.05, 3.63) is 30.7 Å². The first-order valence-electron chi connectivity index (χ1n) is 11.7. The lowest BCUT2D eigenvalue weighted by Gasteiger charge is -2.31. The highest BCUT2D eigenvalue weighted by Gasteiger charge is 2.33. The number of thioether (sulfide) groups is 1. The Balaban J connectivity index is 1.22. The number of likely N-dealkylation sites (tertiary alicyclic amines) is 1. The molecular weight excluding hydrogens is 408 g/mol. The first kappa shape index (κ1) is 22.5. The molecule has 0 saturated carbocycles. The normalized spacial score (nSPS) is 21.5. The average Bonchev–Trinajstić information content (AvgIpc) is 3.43. The number of benzene rings is 1. The fourth-order valence-electron chi connectivity index (χ4n) is 4.97. The van der Waals surface area contributed by atoms with Crippen molar-refractivity contribution in [1.29, 1.82) is 0 Å². The molecule has 0 radical (unpaired) electrons. The number of ether oxygens (including phenoxy) is 1. The summed E-state index contributed by atoms with van der Waals surface area (Å²) in [6.07, 6.45) is 9.96. The molecule has 2 aliphatic rings. The molecule has 0 N–H and O–H groups in total. The molecule has 2 fully saturated rings. The molecule has 2 saturated heterocycles. The zero-order chi connectivity index (χ0) is 21.6. The summed E-state index contributed by atoms with van der Waals surface area (Å²) in [4.78, 5) is 6.14. The smallest absolute Gasteiger partial charge is 0.436 e. The number of rotatable bonds is 9. The molecule has 0 spiro atoms. The summed E-state index contributed by atoms with van der Waals surface area (Å²) < 4.78 is 13.6. The standard InChI is InChI=1S/C24H37N4O2S/c1-19(12-16-29-22-6-8-23(31-3)9-7-22)20-10-14-27(15-11-20)24-25-30-18-28(24)17-21-5-4-13-26(21)2/h6-9,18-21H,4-5,10-17H2,1-3H3/q+1. The molecule has 0 bridgehead atoms. The highest BCUT2D eigenvalue weighted by Crippen LogP contribution is 2.29. The highest BCUT2D eigenvalue weighted by molar-refractivity contribution is 7.98. The van der Waals surface area contributed by atoms with Gasteiger partial charge in [0.05, 0.1) is 26.2 Å². The van der Waals surface area contributed by atoms with Gasteiger partial charge in [0.15, 0.2) is 0 Å². The van der Waals surface area contributed by atoms with Crippen LogP contribution in [0.5, 0.6) is 5.75 Å². The molecule has 2 unspecified atom stereocenters. The lowest BCUT2D eigenvalue weighted by Crippen LogP contribution is -2.49. The van der Waals surface area contributed by atoms with Crippen molar-refractivity contribution in [2.75, 3.05) is 44.4 Å². The summed E-state index contributed by atoms with van der Waals surface area (Å²) in [6, 6.07) is 8.99. The Morgan fingerprint density at radius 1 is 1.19 bits per heavy atom. The van der Waals surface area contributed by atoms with Gasteiger partial charge in [0.25, 0.3) is 6.39 Å². The van der Waals surface area contributed by atoms with Gasteiger partial charge in [-0.3, -0.25) is 9.42 Å². The van der Waals surface area contributed by atoms with E-state index in [1.165, 1.54) is 37.1 Å². The van der Waals surface area contributed by atoms with Crippen molar-refractivity contribution in [3.63, 3.8) is 0 Å². The molecule has 170 valence electrons. The lowest BCUT2D eigenvalue weighted by atomic mass is 9.84. The number of hydrogen-bond donors (Lipinski definition) is 0. The summed E-state index contributed by atoms with van der Waals surface area (Å²) in [7, 11) is 2.22. The quantitative estimate of drug-likeness (QED) is 0.428. The van der Waals surface area contributed by atoms with E-state index in [1.807, 2.05) is 0 Å². The molecule has 2 aromatic rings. The summed E-state index contributed by atoms with van der Waals surface area (Å²) in [6.45, 7) is 7.45. The maximum absolute atomic E-state index is 5.99. The number of hydrogen-bond acceptors (Lipinski definition) is 6. The number of nitrogens with zero attached hydrogens (tertiary/aromatic N) is 4. The Morgan fingerprint density at radius 3 is 2.65 bits per heavy atom. The average molecular weight is 446 g/mol. The van der Waals surface area contributed by atoms with Gasteiger partial charge >= 0.3 is 5.95 Å². The van der Waals surface area contributed by atoms with Crippen LogP contribution in [-0.4, -0.2) is 55.6 Å². The molecule has 4 rings (SSSR count). The third-order valence-electron chi connectivity index (χ3n) is 7.17. The van der Waals surface area contributed by atoms with E-state index in [9.17, 15) is 0 Å². The number of anilines is 1. The number of aromatic nitrogens is 2. The first-order chi connectivity index (χ1) is 15.1. The van der Waals surface area contributed by atoms with Crippen LogP contribution in [0.1, 0.15) is 39.0 Å². The summed E-state index contributed by atoms with van der Waals surface area (Å²) >= 11 is 1.76. The molecular formula is C24H37N4O2S+. The van der Waals surface area contributed by atoms with Crippen molar-refractivity contribution in [2.45, 2.75) is 56.5 Å². The largest absolute Gasteiger partial charge is 0.494 e. The Labute approximate surface area is 190 Å². The third-order valence-corrected chi connectivity index (χ3v) is 7.92. The van der Waals surface area contributed by atoms with Crippen LogP contribution in [0, 0.1) is 11.8 Å². The van der Waals surface area contributed by atoms with Gasteiger partial charge in [-0.15, -0.1) is 11.8 Å². The van der Waals surface area contributed by atoms with Gasteiger partial charge in [0.2, 0.25) is 0 Å². The van der Waals surface area contributed by atoms with Crippen molar-refractivity contribution in [2.24, 2.45) is 11.8 Å². The molecule has 1 aromatic carbocycles. The highest BCUT2D eigenvalue weighted by atomic mass is 32.2. The molecule has 6 nitrogen and oxygen atoms in total. The fourth-order valence-corrected chi connectivity index (χ4v) is 5.38. The van der Waals surface area contributed by atoms with Crippen LogP contribution in [0.4, 0.5) is 5.95 Å². The van der Waals surface area contributed by atoms with E-state index in [-0.39, 0.29) is 0 Å². The van der Waals surface area contributed by atoms with Crippen LogP contribution in [0.25, 0.3) is 0 Å². The van der Waals surface area contributed by atoms with Crippen molar-refractivity contribution >= 4 is 17.7 Å². The Hall–Kier alpha value is -1.73. The van der Waals surface area contributed by atoms with Gasteiger partial charge in [-0.05, 0) is 88.1 Å². The van der Waals surface area contributed by atoms with Crippen molar-refractivity contribution in [1.82, 2.24) is 10.1 Å². The Bertz CT molecular complexity index is 804. The van der Waals surface area contributed by atoms with Crippen LogP contribution in [0.2, 0.25) is 0 Å². The molecule has 2 atom stereocenters. The van der Waals surface area contributed by atoms with Crippen LogP contribution in [-0.2, 0) is 6.54 Å². The SMILES string of the molecule is CSc1ccc(OCCC(C)C2CCN(c3noc[n+]3CC3CCCN3C)CC2)cc1. The minimum absolute atomic E-state index is 0.595. The Morgan fingerprint density at radius 2 is 1.97 bits per heavy atom. The first-order valence-corrected chi connectivity index (χ1v) is 12.9. The predicted octanol–water partition coefficient (Wildman–Crippen LogP) is 4.10. The second-order valence-electron chi connectivity index (χ2n) is 9.15. The molecule has 3 heterocycles. The fraction of sp³-hybridized carbons (Fsp3) is 0.667. The van der Waals surface area contributed by atoms with Gasteiger partial charge in [0.1, 0.15) is 10.9 Å². The van der Waals surface area contributed by atoms with E-state index in [1.54, 1.807) is 18.2 Å². The Kier molecular flexibility index (Phi) is 7.77. The van der Waals surface area contributed by atoms with Crippen molar-refractivity contribution in [3.8, 4) is 5.75 Å². The predicted molar refractivity (Wildman–Crippen MR) is 125 cm³/mol. The monoisotopic (exact) mass is 445 g/mol. The van der Waals surface area contributed by atoms with Gasteiger partial charge in [0, 0.05) is 10.9 Å². The van der Waals surface area contributed by atoms with Crippen LogP contribution in [0.15, 0.2) is 40.1 Å². The molecule has 2 aliphatic heterocycles.